The van der Waals surface area contributed by atoms with Crippen molar-refractivity contribution in [2.75, 3.05) is 13.2 Å². The van der Waals surface area contributed by atoms with Gasteiger partial charge in [-0.3, -0.25) is 9.48 Å². The van der Waals surface area contributed by atoms with E-state index in [1.807, 2.05) is 80.2 Å². The molecule has 2 aromatic carbocycles. The van der Waals surface area contributed by atoms with Crippen LogP contribution in [-0.2, 0) is 6.54 Å². The fourth-order valence-electron chi connectivity index (χ4n) is 4.19. The van der Waals surface area contributed by atoms with Crippen LogP contribution in [0.25, 0.3) is 22.2 Å². The zero-order chi connectivity index (χ0) is 22.9. The molecule has 4 aromatic rings. The van der Waals surface area contributed by atoms with Gasteiger partial charge in [0.25, 0.3) is 5.91 Å². The van der Waals surface area contributed by atoms with E-state index in [0.29, 0.717) is 30.2 Å². The van der Waals surface area contributed by atoms with E-state index in [9.17, 15) is 4.79 Å². The maximum atomic E-state index is 13.4. The largest absolute Gasteiger partial charge is 0.486 e. The predicted octanol–water partition coefficient (Wildman–Crippen LogP) is 4.69. The normalized spacial score (nSPS) is 13.7. The average Bonchev–Trinajstić information content (AvgIpc) is 3.23. The fraction of sp³-hybridized carbons (Fsp3) is 0.269. The highest BCUT2D eigenvalue weighted by Gasteiger charge is 2.20. The Morgan fingerprint density at radius 3 is 2.70 bits per heavy atom. The molecule has 0 spiro atoms. The van der Waals surface area contributed by atoms with E-state index in [2.05, 4.69) is 10.4 Å². The Balaban J connectivity index is 1.52. The summed E-state index contributed by atoms with van der Waals surface area (Å²) in [6, 6.07) is 15.1. The van der Waals surface area contributed by atoms with Gasteiger partial charge in [0.1, 0.15) is 13.2 Å². The molecule has 0 fully saturated rings. The molecule has 0 bridgehead atoms. The molecule has 7 nitrogen and oxygen atoms in total. The Hall–Kier alpha value is -3.87. The molecule has 0 radical (unpaired) electrons. The number of carbonyl (C=O) groups is 1. The van der Waals surface area contributed by atoms with Crippen LogP contribution in [0.3, 0.4) is 0 Å². The lowest BCUT2D eigenvalue weighted by Crippen LogP contribution is -2.27. The minimum atomic E-state index is -0.178. The molecule has 1 N–H and O–H groups in total. The van der Waals surface area contributed by atoms with Gasteiger partial charge in [0.05, 0.1) is 28.5 Å². The van der Waals surface area contributed by atoms with Crippen molar-refractivity contribution < 1.29 is 14.3 Å². The van der Waals surface area contributed by atoms with Gasteiger partial charge in [0.2, 0.25) is 0 Å². The summed E-state index contributed by atoms with van der Waals surface area (Å²) in [6.07, 6.45) is 1.99. The minimum absolute atomic E-state index is 0.149. The smallest absolute Gasteiger partial charge is 0.252 e. The van der Waals surface area contributed by atoms with Gasteiger partial charge in [-0.15, -0.1) is 0 Å². The lowest BCUT2D eigenvalue weighted by atomic mass is 10.0. The first-order chi connectivity index (χ1) is 16.0. The maximum Gasteiger partial charge on any atom is 0.252 e. The van der Waals surface area contributed by atoms with E-state index in [0.717, 1.165) is 40.0 Å². The van der Waals surface area contributed by atoms with Crippen molar-refractivity contribution in [3.05, 3.63) is 71.5 Å². The summed E-state index contributed by atoms with van der Waals surface area (Å²) in [5, 5.41) is 8.46. The van der Waals surface area contributed by atoms with E-state index in [4.69, 9.17) is 14.5 Å². The first kappa shape index (κ1) is 21.0. The Kier molecular flexibility index (Phi) is 5.46. The van der Waals surface area contributed by atoms with Crippen LogP contribution in [0, 0.1) is 6.92 Å². The van der Waals surface area contributed by atoms with Gasteiger partial charge in [-0.2, -0.15) is 5.10 Å². The lowest BCUT2D eigenvalue weighted by molar-refractivity contribution is 0.0941. The molecule has 5 rings (SSSR count). The number of rotatable bonds is 5. The number of fused-ring (bicyclic) bond motifs is 2. The number of amides is 1. The summed E-state index contributed by atoms with van der Waals surface area (Å²) >= 11 is 0. The number of hydrogen-bond acceptors (Lipinski definition) is 5. The van der Waals surface area contributed by atoms with Gasteiger partial charge >= 0.3 is 0 Å². The summed E-state index contributed by atoms with van der Waals surface area (Å²) < 4.78 is 13.3. The molecule has 1 aliphatic rings. The van der Waals surface area contributed by atoms with Crippen molar-refractivity contribution >= 4 is 16.8 Å². The average molecular weight is 443 g/mol. The SMILES string of the molecule is CCn1cc([C@@H](C)NC(=O)c2cc(-c3ccc4c(c3)OCCO4)nc3ccccc23)c(C)n1. The highest BCUT2D eigenvalue weighted by atomic mass is 16.6. The standard InChI is InChI=1S/C26H26N4O3/c1-4-30-15-21(17(3)29-30)16(2)27-26(31)20-14-23(28-22-8-6-5-7-19(20)22)18-9-10-24-25(13-18)33-12-11-32-24/h5-10,13-16H,4,11-12H2,1-3H3,(H,27,31)/t16-/m1/s1. The Morgan fingerprint density at radius 2 is 1.91 bits per heavy atom. The first-order valence-corrected chi connectivity index (χ1v) is 11.2. The molecule has 0 saturated heterocycles. The van der Waals surface area contributed by atoms with Crippen LogP contribution < -0.4 is 14.8 Å². The van der Waals surface area contributed by atoms with Crippen LogP contribution in [0.5, 0.6) is 11.5 Å². The molecular formula is C26H26N4O3. The Labute approximate surface area is 192 Å². The van der Waals surface area contributed by atoms with Gasteiger partial charge < -0.3 is 14.8 Å². The van der Waals surface area contributed by atoms with E-state index >= 15 is 0 Å². The molecule has 7 heteroatoms. The van der Waals surface area contributed by atoms with Gasteiger partial charge in [-0.25, -0.2) is 4.98 Å². The molecule has 33 heavy (non-hydrogen) atoms. The highest BCUT2D eigenvalue weighted by Crippen LogP contribution is 2.35. The van der Waals surface area contributed by atoms with Crippen LogP contribution in [0.2, 0.25) is 0 Å². The van der Waals surface area contributed by atoms with Crippen molar-refractivity contribution in [2.45, 2.75) is 33.4 Å². The number of ether oxygens (including phenoxy) is 2. The van der Waals surface area contributed by atoms with Gasteiger partial charge in [-0.1, -0.05) is 18.2 Å². The zero-order valence-electron chi connectivity index (χ0n) is 19.0. The summed E-state index contributed by atoms with van der Waals surface area (Å²) in [5.74, 6) is 1.26. The number of carbonyl (C=O) groups excluding carboxylic acids is 1. The van der Waals surface area contributed by atoms with Crippen molar-refractivity contribution in [3.63, 3.8) is 0 Å². The number of aryl methyl sites for hydroxylation is 2. The van der Waals surface area contributed by atoms with Crippen molar-refractivity contribution in [2.24, 2.45) is 0 Å². The molecular weight excluding hydrogens is 416 g/mol. The van der Waals surface area contributed by atoms with Gasteiger partial charge in [-0.05, 0) is 51.1 Å². The monoisotopic (exact) mass is 442 g/mol. The quantitative estimate of drug-likeness (QED) is 0.485. The maximum absolute atomic E-state index is 13.4. The molecule has 168 valence electrons. The summed E-state index contributed by atoms with van der Waals surface area (Å²) in [7, 11) is 0. The van der Waals surface area contributed by atoms with E-state index in [1.54, 1.807) is 0 Å². The van der Waals surface area contributed by atoms with E-state index < -0.39 is 0 Å². The second-order valence-corrected chi connectivity index (χ2v) is 8.15. The van der Waals surface area contributed by atoms with Gasteiger partial charge in [0.15, 0.2) is 11.5 Å². The molecule has 1 atom stereocenters. The molecule has 1 aliphatic heterocycles. The van der Waals surface area contributed by atoms with Crippen LogP contribution in [0.15, 0.2) is 54.7 Å². The number of nitrogens with zero attached hydrogens (tertiary/aromatic N) is 3. The van der Waals surface area contributed by atoms with Crippen LogP contribution in [0.1, 0.15) is 41.5 Å². The van der Waals surface area contributed by atoms with Crippen molar-refractivity contribution in [1.82, 2.24) is 20.1 Å². The number of nitrogens with one attached hydrogen (secondary N) is 1. The molecule has 1 amide bonds. The minimum Gasteiger partial charge on any atom is -0.486 e. The molecule has 2 aromatic heterocycles. The summed E-state index contributed by atoms with van der Waals surface area (Å²) in [4.78, 5) is 18.2. The number of hydrogen-bond donors (Lipinski definition) is 1. The van der Waals surface area contributed by atoms with Crippen LogP contribution in [0.4, 0.5) is 0 Å². The summed E-state index contributed by atoms with van der Waals surface area (Å²) in [5.41, 5.74) is 4.85. The lowest BCUT2D eigenvalue weighted by Gasteiger charge is -2.19. The predicted molar refractivity (Wildman–Crippen MR) is 127 cm³/mol. The third kappa shape index (κ3) is 4.02. The molecule has 0 unspecified atom stereocenters. The van der Waals surface area contributed by atoms with Crippen molar-refractivity contribution in [3.8, 4) is 22.8 Å². The second-order valence-electron chi connectivity index (χ2n) is 8.15. The zero-order valence-corrected chi connectivity index (χ0v) is 19.0. The van der Waals surface area contributed by atoms with Gasteiger partial charge in [0, 0.05) is 29.3 Å². The molecule has 0 aliphatic carbocycles. The van der Waals surface area contributed by atoms with Crippen LogP contribution in [-0.4, -0.2) is 33.9 Å². The van der Waals surface area contributed by atoms with E-state index in [1.165, 1.54) is 0 Å². The highest BCUT2D eigenvalue weighted by molar-refractivity contribution is 6.07. The molecule has 0 saturated carbocycles. The fourth-order valence-corrected chi connectivity index (χ4v) is 4.19. The summed E-state index contributed by atoms with van der Waals surface area (Å²) in [6.45, 7) is 7.83. The Bertz CT molecular complexity index is 1340. The van der Waals surface area contributed by atoms with E-state index in [-0.39, 0.29) is 11.9 Å². The van der Waals surface area contributed by atoms with Crippen molar-refractivity contribution in [1.29, 1.82) is 0 Å². The third-order valence-electron chi connectivity index (χ3n) is 5.92. The third-order valence-corrected chi connectivity index (χ3v) is 5.92. The number of para-hydroxylation sites is 1. The topological polar surface area (TPSA) is 78.3 Å². The number of pyridine rings is 1. The number of aromatic nitrogens is 3. The number of benzene rings is 2. The molecule has 3 heterocycles. The Morgan fingerprint density at radius 1 is 1.12 bits per heavy atom. The second kappa shape index (κ2) is 8.58. The van der Waals surface area contributed by atoms with Crippen LogP contribution >= 0.6 is 0 Å². The first-order valence-electron chi connectivity index (χ1n) is 11.2.